The molecule has 0 aliphatic heterocycles. The average molecular weight is 333 g/mol. The molecule has 1 aromatic carbocycles. The molecule has 100 valence electrons. The maximum atomic E-state index is 11.2. The van der Waals surface area contributed by atoms with Crippen molar-refractivity contribution in [2.24, 2.45) is 0 Å². The van der Waals surface area contributed by atoms with Gasteiger partial charge in [0.2, 0.25) is 0 Å². The number of nitrogens with zero attached hydrogens (tertiary/aromatic N) is 4. The summed E-state index contributed by atoms with van der Waals surface area (Å²) in [5.74, 6) is -0.273. The molecule has 20 heavy (non-hydrogen) atoms. The zero-order valence-corrected chi connectivity index (χ0v) is 12.0. The van der Waals surface area contributed by atoms with Gasteiger partial charge in [-0.3, -0.25) is 0 Å². The molecule has 0 radical (unpaired) electrons. The molecular weight excluding hydrogens is 324 g/mol. The zero-order chi connectivity index (χ0) is 14.3. The summed E-state index contributed by atoms with van der Waals surface area (Å²) in [6.07, 6.45) is 0. The lowest BCUT2D eigenvalue weighted by Crippen LogP contribution is -2.05. The van der Waals surface area contributed by atoms with Gasteiger partial charge in [-0.25, -0.2) is 9.78 Å². The lowest BCUT2D eigenvalue weighted by atomic mass is 10.1. The Hall–Kier alpha value is -2.28. The molecule has 0 bridgehead atoms. The van der Waals surface area contributed by atoms with Crippen LogP contribution in [-0.2, 0) is 0 Å². The first kappa shape index (κ1) is 12.7. The van der Waals surface area contributed by atoms with Crippen molar-refractivity contribution in [2.75, 3.05) is 0 Å². The number of hydrogen-bond acceptors (Lipinski definition) is 4. The molecule has 0 saturated heterocycles. The first-order valence-corrected chi connectivity index (χ1v) is 6.57. The van der Waals surface area contributed by atoms with Crippen molar-refractivity contribution in [2.45, 2.75) is 6.92 Å². The number of carbonyl (C=O) groups is 1. The Labute approximate surface area is 122 Å². The Kier molecular flexibility index (Phi) is 2.98. The van der Waals surface area contributed by atoms with Crippen molar-refractivity contribution in [1.29, 1.82) is 0 Å². The van der Waals surface area contributed by atoms with Crippen LogP contribution in [-0.4, -0.2) is 30.7 Å². The molecule has 0 aliphatic carbocycles. The van der Waals surface area contributed by atoms with E-state index in [-0.39, 0.29) is 11.5 Å². The van der Waals surface area contributed by atoms with E-state index in [9.17, 15) is 4.79 Å². The quantitative estimate of drug-likeness (QED) is 0.780. The van der Waals surface area contributed by atoms with Crippen LogP contribution in [0.1, 0.15) is 16.3 Å². The number of hydrogen-bond donors (Lipinski definition) is 1. The first-order chi connectivity index (χ1) is 9.54. The van der Waals surface area contributed by atoms with Crippen molar-refractivity contribution in [3.8, 4) is 11.3 Å². The smallest absolute Gasteiger partial charge is 0.354 e. The number of fused-ring (bicyclic) bond motifs is 1. The third-order valence-electron chi connectivity index (χ3n) is 2.78. The molecule has 0 unspecified atom stereocenters. The molecule has 2 aromatic heterocycles. The van der Waals surface area contributed by atoms with E-state index in [1.165, 1.54) is 6.07 Å². The highest BCUT2D eigenvalue weighted by atomic mass is 79.9. The normalized spacial score (nSPS) is 10.9. The highest BCUT2D eigenvalue weighted by molar-refractivity contribution is 9.10. The van der Waals surface area contributed by atoms with E-state index in [1.807, 2.05) is 24.3 Å². The van der Waals surface area contributed by atoms with Crippen LogP contribution in [0.25, 0.3) is 17.0 Å². The topological polar surface area (TPSA) is 80.4 Å². The van der Waals surface area contributed by atoms with Crippen LogP contribution >= 0.6 is 15.9 Å². The standard InChI is InChI=1S/C13H9BrN4O2/c1-7-15-13-16-10(12(19)20)6-11(18(13)17-7)8-2-4-9(14)5-3-8/h2-6H,1H3,(H,19,20). The Balaban J connectivity index is 2.31. The van der Waals surface area contributed by atoms with E-state index >= 15 is 0 Å². The van der Waals surface area contributed by atoms with Gasteiger partial charge < -0.3 is 5.11 Å². The molecule has 0 amide bonds. The van der Waals surface area contributed by atoms with Crippen LogP contribution in [0, 0.1) is 6.92 Å². The predicted octanol–water partition coefficient (Wildman–Crippen LogP) is 2.56. The van der Waals surface area contributed by atoms with Gasteiger partial charge in [-0.15, -0.1) is 5.10 Å². The van der Waals surface area contributed by atoms with Gasteiger partial charge in [0.1, 0.15) is 5.82 Å². The van der Waals surface area contributed by atoms with Crippen LogP contribution in [0.3, 0.4) is 0 Å². The number of halogens is 1. The molecule has 7 heteroatoms. The van der Waals surface area contributed by atoms with E-state index < -0.39 is 5.97 Å². The van der Waals surface area contributed by atoms with Gasteiger partial charge in [0.25, 0.3) is 5.78 Å². The molecular formula is C13H9BrN4O2. The van der Waals surface area contributed by atoms with Crippen LogP contribution < -0.4 is 0 Å². The molecule has 2 heterocycles. The fourth-order valence-electron chi connectivity index (χ4n) is 1.90. The maximum Gasteiger partial charge on any atom is 0.354 e. The Morgan fingerprint density at radius 1 is 1.25 bits per heavy atom. The van der Waals surface area contributed by atoms with Crippen molar-refractivity contribution in [3.05, 3.63) is 46.3 Å². The molecule has 0 spiro atoms. The summed E-state index contributed by atoms with van der Waals surface area (Å²) in [7, 11) is 0. The molecule has 1 N–H and O–H groups in total. The zero-order valence-electron chi connectivity index (χ0n) is 10.4. The van der Waals surface area contributed by atoms with Gasteiger partial charge in [0, 0.05) is 10.0 Å². The average Bonchev–Trinajstić information content (AvgIpc) is 2.78. The summed E-state index contributed by atoms with van der Waals surface area (Å²) >= 11 is 3.37. The fraction of sp³-hybridized carbons (Fsp3) is 0.0769. The van der Waals surface area contributed by atoms with Crippen molar-refractivity contribution in [1.82, 2.24) is 19.6 Å². The minimum absolute atomic E-state index is 0.0529. The second-order valence-electron chi connectivity index (χ2n) is 4.21. The largest absolute Gasteiger partial charge is 0.477 e. The number of aromatic nitrogens is 4. The molecule has 0 atom stereocenters. The number of carboxylic acids is 1. The Morgan fingerprint density at radius 2 is 1.95 bits per heavy atom. The fourth-order valence-corrected chi connectivity index (χ4v) is 2.17. The van der Waals surface area contributed by atoms with Gasteiger partial charge in [0.05, 0.1) is 5.69 Å². The van der Waals surface area contributed by atoms with Crippen LogP contribution in [0.2, 0.25) is 0 Å². The summed E-state index contributed by atoms with van der Waals surface area (Å²) in [4.78, 5) is 19.3. The summed E-state index contributed by atoms with van der Waals surface area (Å²) in [5, 5.41) is 13.4. The number of aryl methyl sites for hydroxylation is 1. The van der Waals surface area contributed by atoms with Gasteiger partial charge in [-0.2, -0.15) is 9.50 Å². The highest BCUT2D eigenvalue weighted by Crippen LogP contribution is 2.22. The summed E-state index contributed by atoms with van der Waals surface area (Å²) < 4.78 is 2.49. The first-order valence-electron chi connectivity index (χ1n) is 5.78. The molecule has 0 fully saturated rings. The minimum Gasteiger partial charge on any atom is -0.477 e. The van der Waals surface area contributed by atoms with E-state index in [4.69, 9.17) is 5.11 Å². The van der Waals surface area contributed by atoms with Crippen LogP contribution in [0.5, 0.6) is 0 Å². The number of benzene rings is 1. The monoisotopic (exact) mass is 332 g/mol. The summed E-state index contributed by atoms with van der Waals surface area (Å²) in [6, 6.07) is 9.01. The molecule has 3 aromatic rings. The Bertz CT molecular complexity index is 811. The molecule has 3 rings (SSSR count). The Morgan fingerprint density at radius 3 is 2.60 bits per heavy atom. The van der Waals surface area contributed by atoms with E-state index in [1.54, 1.807) is 11.4 Å². The van der Waals surface area contributed by atoms with Crippen LogP contribution in [0.4, 0.5) is 0 Å². The van der Waals surface area contributed by atoms with Crippen LogP contribution in [0.15, 0.2) is 34.8 Å². The lowest BCUT2D eigenvalue weighted by molar-refractivity contribution is 0.0690. The lowest BCUT2D eigenvalue weighted by Gasteiger charge is -2.05. The number of carboxylic acid groups (broad SMARTS) is 1. The number of rotatable bonds is 2. The van der Waals surface area contributed by atoms with E-state index in [2.05, 4.69) is 31.0 Å². The highest BCUT2D eigenvalue weighted by Gasteiger charge is 2.14. The van der Waals surface area contributed by atoms with Gasteiger partial charge >= 0.3 is 5.97 Å². The summed E-state index contributed by atoms with van der Waals surface area (Å²) in [5.41, 5.74) is 1.43. The van der Waals surface area contributed by atoms with Crippen molar-refractivity contribution < 1.29 is 9.90 Å². The maximum absolute atomic E-state index is 11.2. The SMILES string of the molecule is Cc1nc2nc(C(=O)O)cc(-c3ccc(Br)cc3)n2n1. The predicted molar refractivity (Wildman–Crippen MR) is 75.6 cm³/mol. The third-order valence-corrected chi connectivity index (χ3v) is 3.31. The second-order valence-corrected chi connectivity index (χ2v) is 5.13. The van der Waals surface area contributed by atoms with E-state index in [0.717, 1.165) is 10.0 Å². The van der Waals surface area contributed by atoms with Gasteiger partial charge in [0.15, 0.2) is 5.69 Å². The summed E-state index contributed by atoms with van der Waals surface area (Å²) in [6.45, 7) is 1.74. The van der Waals surface area contributed by atoms with E-state index in [0.29, 0.717) is 11.5 Å². The van der Waals surface area contributed by atoms with Crippen molar-refractivity contribution >= 4 is 27.7 Å². The van der Waals surface area contributed by atoms with Gasteiger partial charge in [-0.05, 0) is 25.1 Å². The molecule has 0 saturated carbocycles. The molecule has 6 nitrogen and oxygen atoms in total. The molecule has 0 aliphatic rings. The minimum atomic E-state index is -1.09. The third kappa shape index (κ3) is 2.16. The second kappa shape index (κ2) is 4.68. The number of aromatic carboxylic acids is 1. The van der Waals surface area contributed by atoms with Gasteiger partial charge in [-0.1, -0.05) is 28.1 Å². The van der Waals surface area contributed by atoms with Crippen molar-refractivity contribution in [3.63, 3.8) is 0 Å².